The third-order valence-corrected chi connectivity index (χ3v) is 7.96. The van der Waals surface area contributed by atoms with E-state index in [4.69, 9.17) is 20.8 Å². The maximum Gasteiger partial charge on any atom is 0.338 e. The van der Waals surface area contributed by atoms with Gasteiger partial charge in [-0.1, -0.05) is 35.1 Å². The number of nitro groups is 1. The van der Waals surface area contributed by atoms with Crippen LogP contribution in [0.1, 0.15) is 47.1 Å². The molecule has 1 atom stereocenters. The van der Waals surface area contributed by atoms with E-state index in [9.17, 15) is 29.6 Å². The molecule has 0 aliphatic carbocycles. The number of nitro benzene ring substituents is 1. The van der Waals surface area contributed by atoms with E-state index in [1.165, 1.54) is 28.8 Å². The number of hydrogen-bond acceptors (Lipinski definition) is 9. The van der Waals surface area contributed by atoms with Crippen LogP contribution < -0.4 is 14.9 Å². The zero-order valence-corrected chi connectivity index (χ0v) is 24.0. The molecule has 3 heterocycles. The predicted octanol–water partition coefficient (Wildman–Crippen LogP) is 4.63. The van der Waals surface area contributed by atoms with Crippen molar-refractivity contribution in [3.05, 3.63) is 117 Å². The smallest absolute Gasteiger partial charge is 0.338 e. The molecule has 13 heteroatoms. The fourth-order valence-electron chi connectivity index (χ4n) is 4.66. The Morgan fingerprint density at radius 2 is 1.98 bits per heavy atom. The maximum atomic E-state index is 13.8. The van der Waals surface area contributed by atoms with Crippen LogP contribution in [-0.4, -0.2) is 33.1 Å². The summed E-state index contributed by atoms with van der Waals surface area (Å²) >= 11 is 7.04. The molecular weight excluding hydrogens is 586 g/mol. The van der Waals surface area contributed by atoms with Crippen molar-refractivity contribution in [2.45, 2.75) is 26.8 Å². The number of carboxylic acids is 1. The number of halogens is 1. The first-order valence-electron chi connectivity index (χ1n) is 12.6. The third kappa shape index (κ3) is 5.17. The molecule has 42 heavy (non-hydrogen) atoms. The topological polar surface area (TPSA) is 154 Å². The molecule has 0 saturated heterocycles. The average Bonchev–Trinajstić information content (AvgIpc) is 3.52. The number of hydrogen-bond donors (Lipinski definition) is 1. The number of benzene rings is 2. The summed E-state index contributed by atoms with van der Waals surface area (Å²) < 4.78 is 12.7. The van der Waals surface area contributed by atoms with Crippen molar-refractivity contribution in [3.63, 3.8) is 0 Å². The van der Waals surface area contributed by atoms with Crippen molar-refractivity contribution in [2.75, 3.05) is 6.61 Å². The molecule has 0 amide bonds. The Hall–Kier alpha value is -4.81. The number of allylic oxidation sites excluding steroid dienone is 1. The Morgan fingerprint density at radius 3 is 2.67 bits per heavy atom. The van der Waals surface area contributed by atoms with Gasteiger partial charge in [-0.15, -0.1) is 0 Å². The number of aromatic carboxylic acids is 1. The summed E-state index contributed by atoms with van der Waals surface area (Å²) in [6.07, 6.45) is 1.51. The monoisotopic (exact) mass is 607 g/mol. The average molecular weight is 608 g/mol. The Bertz CT molecular complexity index is 2000. The molecule has 0 fully saturated rings. The number of aryl methyl sites for hydroxylation is 1. The SMILES string of the molecule is CCOC(=O)C1=C(C)N=c2s/c(=C/c3ccc(-c4ccc(Cl)c(C(=O)O)c4)o3)c(=O)n2[C@H]1c1ccc(C)c([N+](=O)[O-])c1. The van der Waals surface area contributed by atoms with Gasteiger partial charge in [0, 0.05) is 23.3 Å². The number of carbonyl (C=O) groups is 2. The van der Waals surface area contributed by atoms with Crippen LogP contribution in [0.4, 0.5) is 5.69 Å². The highest BCUT2D eigenvalue weighted by Gasteiger charge is 2.34. The van der Waals surface area contributed by atoms with Crippen molar-refractivity contribution < 1.29 is 28.8 Å². The van der Waals surface area contributed by atoms with Crippen molar-refractivity contribution in [1.29, 1.82) is 0 Å². The number of nitrogens with zero attached hydrogens (tertiary/aromatic N) is 3. The number of esters is 1. The normalized spacial score (nSPS) is 14.9. The zero-order valence-electron chi connectivity index (χ0n) is 22.4. The molecule has 2 aromatic heterocycles. The number of carbonyl (C=O) groups excluding carboxylic acids is 1. The maximum absolute atomic E-state index is 13.8. The molecule has 214 valence electrons. The Morgan fingerprint density at radius 1 is 1.21 bits per heavy atom. The molecule has 1 aliphatic rings. The van der Waals surface area contributed by atoms with Crippen LogP contribution >= 0.6 is 22.9 Å². The second kappa shape index (κ2) is 11.2. The van der Waals surface area contributed by atoms with Crippen LogP contribution in [0, 0.1) is 17.0 Å². The fraction of sp³-hybridized carbons (Fsp3) is 0.172. The quantitative estimate of drug-likeness (QED) is 0.181. The van der Waals surface area contributed by atoms with Crippen LogP contribution in [0.25, 0.3) is 17.4 Å². The number of thiazole rings is 1. The lowest BCUT2D eigenvalue weighted by Crippen LogP contribution is -2.40. The first-order valence-corrected chi connectivity index (χ1v) is 13.8. The van der Waals surface area contributed by atoms with Crippen molar-refractivity contribution in [3.8, 4) is 11.3 Å². The number of carboxylic acid groups (broad SMARTS) is 1. The molecule has 0 unspecified atom stereocenters. The van der Waals surface area contributed by atoms with Gasteiger partial charge in [-0.05, 0) is 56.7 Å². The lowest BCUT2D eigenvalue weighted by atomic mass is 9.94. The van der Waals surface area contributed by atoms with Crippen LogP contribution in [-0.2, 0) is 9.53 Å². The summed E-state index contributed by atoms with van der Waals surface area (Å²) in [5.41, 5.74) is 0.979. The number of ether oxygens (including phenoxy) is 1. The van der Waals surface area contributed by atoms with Gasteiger partial charge in [-0.3, -0.25) is 19.5 Å². The molecule has 2 aromatic carbocycles. The summed E-state index contributed by atoms with van der Waals surface area (Å²) in [6, 6.07) is 11.3. The molecule has 0 saturated carbocycles. The van der Waals surface area contributed by atoms with Gasteiger partial charge in [0.25, 0.3) is 11.2 Å². The first kappa shape index (κ1) is 28.7. The van der Waals surface area contributed by atoms with Crippen LogP contribution in [0.2, 0.25) is 5.02 Å². The van der Waals surface area contributed by atoms with E-state index >= 15 is 0 Å². The van der Waals surface area contributed by atoms with Gasteiger partial charge in [0.1, 0.15) is 11.5 Å². The highest BCUT2D eigenvalue weighted by atomic mass is 35.5. The first-order chi connectivity index (χ1) is 20.0. The highest BCUT2D eigenvalue weighted by Crippen LogP contribution is 2.33. The second-order valence-electron chi connectivity index (χ2n) is 9.31. The Kier molecular flexibility index (Phi) is 7.67. The zero-order chi connectivity index (χ0) is 30.3. The molecule has 1 N–H and O–H groups in total. The summed E-state index contributed by atoms with van der Waals surface area (Å²) in [4.78, 5) is 54.3. The standard InChI is InChI=1S/C29H22ClN3O8S/c1-4-40-28(37)24-15(3)31-29-32(25(24)17-6-5-14(2)21(12-17)33(38)39)26(34)23(42-29)13-18-8-10-22(41-18)16-7-9-20(30)19(11-16)27(35)36/h5-13,25H,4H2,1-3H3,(H,35,36)/b23-13+/t25-/m0/s1. The molecule has 0 bridgehead atoms. The van der Waals surface area contributed by atoms with Crippen LogP contribution in [0.3, 0.4) is 0 Å². The number of aromatic nitrogens is 1. The molecule has 11 nitrogen and oxygen atoms in total. The van der Waals surface area contributed by atoms with Gasteiger partial charge in [-0.25, -0.2) is 14.6 Å². The third-order valence-electron chi connectivity index (χ3n) is 6.64. The van der Waals surface area contributed by atoms with E-state index in [0.717, 1.165) is 11.3 Å². The summed E-state index contributed by atoms with van der Waals surface area (Å²) in [5, 5.41) is 21.2. The highest BCUT2D eigenvalue weighted by molar-refractivity contribution is 7.07. The van der Waals surface area contributed by atoms with E-state index in [1.54, 1.807) is 51.1 Å². The molecular formula is C29H22ClN3O8S. The van der Waals surface area contributed by atoms with Gasteiger partial charge in [0.05, 0.1) is 44.0 Å². The van der Waals surface area contributed by atoms with Gasteiger partial charge >= 0.3 is 11.9 Å². The van der Waals surface area contributed by atoms with E-state index in [0.29, 0.717) is 38.7 Å². The molecule has 0 radical (unpaired) electrons. The molecule has 4 aromatic rings. The molecule has 0 spiro atoms. The van der Waals surface area contributed by atoms with E-state index in [2.05, 4.69) is 4.99 Å². The van der Waals surface area contributed by atoms with Gasteiger partial charge in [0.2, 0.25) is 0 Å². The van der Waals surface area contributed by atoms with E-state index < -0.39 is 28.5 Å². The van der Waals surface area contributed by atoms with E-state index in [-0.39, 0.29) is 33.0 Å². The summed E-state index contributed by atoms with van der Waals surface area (Å²) in [5.74, 6) is -1.19. The van der Waals surface area contributed by atoms with Crippen molar-refractivity contribution >= 4 is 46.6 Å². The minimum absolute atomic E-state index is 0.0791. The van der Waals surface area contributed by atoms with Crippen molar-refractivity contribution in [2.24, 2.45) is 4.99 Å². The van der Waals surface area contributed by atoms with Gasteiger partial charge in [-0.2, -0.15) is 0 Å². The number of furan rings is 1. The summed E-state index contributed by atoms with van der Waals surface area (Å²) in [7, 11) is 0. The second-order valence-corrected chi connectivity index (χ2v) is 10.7. The van der Waals surface area contributed by atoms with Crippen molar-refractivity contribution in [1.82, 2.24) is 4.57 Å². The minimum Gasteiger partial charge on any atom is -0.478 e. The minimum atomic E-state index is -1.18. The fourth-order valence-corrected chi connectivity index (χ4v) is 5.88. The van der Waals surface area contributed by atoms with Crippen LogP contribution in [0.15, 0.2) is 74.0 Å². The molecule has 5 rings (SSSR count). The lowest BCUT2D eigenvalue weighted by Gasteiger charge is -2.24. The number of rotatable bonds is 7. The van der Waals surface area contributed by atoms with E-state index in [1.807, 2.05) is 0 Å². The van der Waals surface area contributed by atoms with Crippen LogP contribution in [0.5, 0.6) is 0 Å². The molecule has 1 aliphatic heterocycles. The Labute approximate surface area is 246 Å². The summed E-state index contributed by atoms with van der Waals surface area (Å²) in [6.45, 7) is 4.96. The largest absolute Gasteiger partial charge is 0.478 e. The van der Waals surface area contributed by atoms with Gasteiger partial charge < -0.3 is 14.3 Å². The Balaban J connectivity index is 1.65. The van der Waals surface area contributed by atoms with Gasteiger partial charge in [0.15, 0.2) is 4.80 Å². The predicted molar refractivity (Wildman–Crippen MR) is 154 cm³/mol. The lowest BCUT2D eigenvalue weighted by molar-refractivity contribution is -0.385. The number of fused-ring (bicyclic) bond motifs is 1.